The number of nitrogens with one attached hydrogen (secondary N) is 2. The van der Waals surface area contributed by atoms with E-state index >= 15 is 0 Å². The van der Waals surface area contributed by atoms with E-state index in [1.165, 1.54) is 0 Å². The fraction of sp³-hybridized carbons (Fsp3) is 0.632. The van der Waals surface area contributed by atoms with Gasteiger partial charge in [-0.1, -0.05) is 26.0 Å². The molecule has 0 aliphatic heterocycles. The van der Waals surface area contributed by atoms with Crippen LogP contribution in [0.3, 0.4) is 0 Å². The zero-order valence-electron chi connectivity index (χ0n) is 16.9. The minimum atomic E-state index is -0.846. The van der Waals surface area contributed by atoms with Crippen molar-refractivity contribution in [1.29, 1.82) is 0 Å². The molecule has 28 heavy (non-hydrogen) atoms. The fourth-order valence-electron chi connectivity index (χ4n) is 2.37. The number of nitrogens with zero attached hydrogens (tertiary/aromatic N) is 1. The van der Waals surface area contributed by atoms with E-state index < -0.39 is 16.7 Å². The Morgan fingerprint density at radius 3 is 2.50 bits per heavy atom. The first-order valence-electron chi connectivity index (χ1n) is 9.29. The molecule has 0 aromatic heterocycles. The van der Waals surface area contributed by atoms with Crippen LogP contribution in [0.4, 0.5) is 0 Å². The van der Waals surface area contributed by atoms with Crippen LogP contribution in [-0.2, 0) is 16.1 Å². The van der Waals surface area contributed by atoms with E-state index in [0.717, 1.165) is 5.56 Å². The maximum Gasteiger partial charge on any atom is 0.294 e. The standard InChI is InChI=1S/C19H31N3O6/c1-14(2)20-12-16(23)13-27-17-7-5-15(6-8-17)11-18(24)21-19(3,4)9-10-28-22(25)26/h5-8,14,16,20,23H,9-13H2,1-4H3,(H,21,24). The van der Waals surface area contributed by atoms with Crippen LogP contribution < -0.4 is 15.4 Å². The Hall–Kier alpha value is -2.39. The zero-order valence-corrected chi connectivity index (χ0v) is 16.9. The van der Waals surface area contributed by atoms with Crippen molar-refractivity contribution < 1.29 is 24.6 Å². The number of aliphatic hydroxyl groups excluding tert-OH is 1. The predicted molar refractivity (Wildman–Crippen MR) is 105 cm³/mol. The minimum Gasteiger partial charge on any atom is -0.491 e. The molecule has 0 aliphatic rings. The quantitative estimate of drug-likeness (QED) is 0.340. The molecule has 158 valence electrons. The van der Waals surface area contributed by atoms with E-state index in [0.29, 0.717) is 24.8 Å². The van der Waals surface area contributed by atoms with E-state index in [2.05, 4.69) is 15.5 Å². The highest BCUT2D eigenvalue weighted by Crippen LogP contribution is 2.14. The molecule has 0 aliphatic carbocycles. The summed E-state index contributed by atoms with van der Waals surface area (Å²) in [6, 6.07) is 7.38. The van der Waals surface area contributed by atoms with Gasteiger partial charge in [-0.3, -0.25) is 4.79 Å². The van der Waals surface area contributed by atoms with Gasteiger partial charge >= 0.3 is 0 Å². The summed E-state index contributed by atoms with van der Waals surface area (Å²) in [5.74, 6) is 0.431. The van der Waals surface area contributed by atoms with Crippen molar-refractivity contribution in [2.75, 3.05) is 19.8 Å². The van der Waals surface area contributed by atoms with Crippen LogP contribution in [0.1, 0.15) is 39.7 Å². The first-order chi connectivity index (χ1) is 13.1. The van der Waals surface area contributed by atoms with Gasteiger partial charge in [0.2, 0.25) is 5.91 Å². The number of rotatable bonds is 13. The van der Waals surface area contributed by atoms with Crippen LogP contribution in [0.5, 0.6) is 5.75 Å². The average Bonchev–Trinajstić information content (AvgIpc) is 2.58. The van der Waals surface area contributed by atoms with Gasteiger partial charge in [-0.05, 0) is 38.0 Å². The van der Waals surface area contributed by atoms with Crippen LogP contribution in [0.15, 0.2) is 24.3 Å². The van der Waals surface area contributed by atoms with Gasteiger partial charge in [0.25, 0.3) is 5.09 Å². The normalized spacial score (nSPS) is 12.5. The largest absolute Gasteiger partial charge is 0.491 e. The molecule has 0 heterocycles. The van der Waals surface area contributed by atoms with Gasteiger partial charge in [-0.15, -0.1) is 10.1 Å². The Kier molecular flexibility index (Phi) is 9.67. The SMILES string of the molecule is CC(C)NCC(O)COc1ccc(CC(=O)NC(C)(C)CCO[N+](=O)[O-])cc1. The van der Waals surface area contributed by atoms with Crippen molar-refractivity contribution in [2.45, 2.75) is 58.2 Å². The van der Waals surface area contributed by atoms with Gasteiger partial charge in [-0.25, -0.2) is 0 Å². The molecule has 1 aromatic rings. The molecule has 3 N–H and O–H groups in total. The highest BCUT2D eigenvalue weighted by atomic mass is 16.9. The summed E-state index contributed by atoms with van der Waals surface area (Å²) >= 11 is 0. The molecule has 1 amide bonds. The topological polar surface area (TPSA) is 123 Å². The lowest BCUT2D eigenvalue weighted by atomic mass is 10.0. The molecular weight excluding hydrogens is 366 g/mol. The molecule has 1 aromatic carbocycles. The monoisotopic (exact) mass is 397 g/mol. The second-order valence-corrected chi connectivity index (χ2v) is 7.59. The molecule has 9 heteroatoms. The second-order valence-electron chi connectivity index (χ2n) is 7.59. The molecule has 0 saturated carbocycles. The molecular formula is C19H31N3O6. The van der Waals surface area contributed by atoms with Crippen molar-refractivity contribution in [3.8, 4) is 5.75 Å². The smallest absolute Gasteiger partial charge is 0.294 e. The van der Waals surface area contributed by atoms with E-state index in [1.807, 2.05) is 13.8 Å². The summed E-state index contributed by atoms with van der Waals surface area (Å²) in [5.41, 5.74) is 0.195. The number of carbonyl (C=O) groups is 1. The number of amides is 1. The lowest BCUT2D eigenvalue weighted by Crippen LogP contribution is -2.45. The molecule has 9 nitrogen and oxygen atoms in total. The Morgan fingerprint density at radius 1 is 1.29 bits per heavy atom. The van der Waals surface area contributed by atoms with E-state index in [1.54, 1.807) is 38.1 Å². The zero-order chi connectivity index (χ0) is 21.2. The maximum absolute atomic E-state index is 12.2. The first kappa shape index (κ1) is 23.6. The molecule has 1 unspecified atom stereocenters. The average molecular weight is 397 g/mol. The van der Waals surface area contributed by atoms with Gasteiger partial charge in [0.15, 0.2) is 0 Å². The number of carbonyl (C=O) groups excluding carboxylic acids is 1. The first-order valence-corrected chi connectivity index (χ1v) is 9.29. The summed E-state index contributed by atoms with van der Waals surface area (Å²) in [6.45, 7) is 8.13. The van der Waals surface area contributed by atoms with Gasteiger partial charge in [0, 0.05) is 18.1 Å². The van der Waals surface area contributed by atoms with Crippen LogP contribution in [0.2, 0.25) is 0 Å². The Morgan fingerprint density at radius 2 is 1.93 bits per heavy atom. The summed E-state index contributed by atoms with van der Waals surface area (Å²) < 4.78 is 5.54. The van der Waals surface area contributed by atoms with Crippen molar-refractivity contribution in [3.05, 3.63) is 39.9 Å². The molecule has 1 rings (SSSR count). The molecule has 0 bridgehead atoms. The molecule has 0 spiro atoms. The summed E-state index contributed by atoms with van der Waals surface area (Å²) in [7, 11) is 0. The Labute approximate surface area is 165 Å². The number of benzene rings is 1. The third-order valence-electron chi connectivity index (χ3n) is 3.89. The van der Waals surface area contributed by atoms with Crippen LogP contribution in [0, 0.1) is 10.1 Å². The summed E-state index contributed by atoms with van der Waals surface area (Å²) in [6.07, 6.45) is -0.101. The molecule has 0 saturated heterocycles. The highest BCUT2D eigenvalue weighted by molar-refractivity contribution is 5.79. The minimum absolute atomic E-state index is 0.0785. The van der Waals surface area contributed by atoms with Gasteiger partial charge in [0.1, 0.15) is 18.5 Å². The van der Waals surface area contributed by atoms with Gasteiger partial charge in [0.05, 0.1) is 13.0 Å². The third-order valence-corrected chi connectivity index (χ3v) is 3.89. The summed E-state index contributed by atoms with van der Waals surface area (Å²) in [5, 5.41) is 25.2. The Bertz CT molecular complexity index is 619. The lowest BCUT2D eigenvalue weighted by Gasteiger charge is -2.25. The van der Waals surface area contributed by atoms with Crippen LogP contribution in [-0.4, -0.2) is 53.5 Å². The fourth-order valence-corrected chi connectivity index (χ4v) is 2.37. The maximum atomic E-state index is 12.2. The van der Waals surface area contributed by atoms with Gasteiger partial charge in [-0.2, -0.15) is 0 Å². The van der Waals surface area contributed by atoms with Crippen LogP contribution >= 0.6 is 0 Å². The third kappa shape index (κ3) is 10.7. The molecule has 0 fully saturated rings. The van der Waals surface area contributed by atoms with E-state index in [9.17, 15) is 20.0 Å². The van der Waals surface area contributed by atoms with E-state index in [-0.39, 0.29) is 25.5 Å². The number of hydrogen-bond donors (Lipinski definition) is 3. The predicted octanol–water partition coefficient (Wildman–Crippen LogP) is 1.46. The molecule has 1 atom stereocenters. The lowest BCUT2D eigenvalue weighted by molar-refractivity contribution is -0.758. The Balaban J connectivity index is 2.40. The van der Waals surface area contributed by atoms with Gasteiger partial charge < -0.3 is 25.3 Å². The van der Waals surface area contributed by atoms with E-state index in [4.69, 9.17) is 4.74 Å². The van der Waals surface area contributed by atoms with Crippen molar-refractivity contribution in [2.24, 2.45) is 0 Å². The van der Waals surface area contributed by atoms with Crippen molar-refractivity contribution >= 4 is 5.91 Å². The van der Waals surface area contributed by atoms with Crippen LogP contribution in [0.25, 0.3) is 0 Å². The van der Waals surface area contributed by atoms with Crippen molar-refractivity contribution in [3.63, 3.8) is 0 Å². The molecule has 0 radical (unpaired) electrons. The summed E-state index contributed by atoms with van der Waals surface area (Å²) in [4.78, 5) is 26.7. The van der Waals surface area contributed by atoms with Crippen molar-refractivity contribution in [1.82, 2.24) is 10.6 Å². The number of hydrogen-bond acceptors (Lipinski definition) is 7. The number of ether oxygens (including phenoxy) is 1. The second kappa shape index (κ2) is 11.5. The highest BCUT2D eigenvalue weighted by Gasteiger charge is 2.21. The number of aliphatic hydroxyl groups is 1.